The van der Waals surface area contributed by atoms with E-state index in [0.29, 0.717) is 30.0 Å². The van der Waals surface area contributed by atoms with E-state index in [1.165, 1.54) is 38.4 Å². The highest BCUT2D eigenvalue weighted by molar-refractivity contribution is 7.90. The SMILES string of the molecule is CS(=O)(=O)CNCc1ccc(C(=O)NC2C3CC4CC(C3)CC2C4)cc1. The Morgan fingerprint density at radius 3 is 2.12 bits per heavy atom. The number of carbonyl (C=O) groups excluding carboxylic acids is 1. The highest BCUT2D eigenvalue weighted by Crippen LogP contribution is 2.53. The lowest BCUT2D eigenvalue weighted by Gasteiger charge is -2.54. The fourth-order valence-electron chi connectivity index (χ4n) is 5.55. The minimum atomic E-state index is -3.02. The Labute approximate surface area is 155 Å². The summed E-state index contributed by atoms with van der Waals surface area (Å²) < 4.78 is 22.3. The Hall–Kier alpha value is -1.40. The molecule has 0 aromatic heterocycles. The smallest absolute Gasteiger partial charge is 0.251 e. The first-order chi connectivity index (χ1) is 12.4. The molecule has 4 bridgehead atoms. The normalized spacial score (nSPS) is 32.6. The van der Waals surface area contributed by atoms with Gasteiger partial charge in [0.05, 0.1) is 5.88 Å². The molecule has 4 saturated carbocycles. The van der Waals surface area contributed by atoms with Crippen LogP contribution in [0.15, 0.2) is 24.3 Å². The van der Waals surface area contributed by atoms with Gasteiger partial charge < -0.3 is 5.32 Å². The first-order valence-corrected chi connectivity index (χ1v) is 11.7. The van der Waals surface area contributed by atoms with Crippen molar-refractivity contribution < 1.29 is 13.2 Å². The molecule has 2 N–H and O–H groups in total. The maximum Gasteiger partial charge on any atom is 0.251 e. The van der Waals surface area contributed by atoms with Gasteiger partial charge in [0.1, 0.15) is 0 Å². The second-order valence-electron chi connectivity index (χ2n) is 8.62. The van der Waals surface area contributed by atoms with Crippen molar-refractivity contribution >= 4 is 15.7 Å². The Morgan fingerprint density at radius 2 is 1.58 bits per heavy atom. The summed E-state index contributed by atoms with van der Waals surface area (Å²) >= 11 is 0. The molecule has 1 aromatic rings. The van der Waals surface area contributed by atoms with Gasteiger partial charge in [0.2, 0.25) is 0 Å². The predicted octanol–water partition coefficient (Wildman–Crippen LogP) is 2.33. The molecule has 0 atom stereocenters. The molecule has 142 valence electrons. The van der Waals surface area contributed by atoms with Gasteiger partial charge in [0.25, 0.3) is 5.91 Å². The number of hydrogen-bond donors (Lipinski definition) is 2. The third-order valence-electron chi connectivity index (χ3n) is 6.43. The number of benzene rings is 1. The van der Waals surface area contributed by atoms with Gasteiger partial charge in [-0.15, -0.1) is 0 Å². The first kappa shape index (κ1) is 18.0. The highest BCUT2D eigenvalue weighted by atomic mass is 32.2. The Morgan fingerprint density at radius 1 is 1.00 bits per heavy atom. The summed E-state index contributed by atoms with van der Waals surface area (Å²) in [6.07, 6.45) is 7.80. The van der Waals surface area contributed by atoms with Crippen molar-refractivity contribution in [2.75, 3.05) is 12.1 Å². The number of amides is 1. The molecular weight excluding hydrogens is 348 g/mol. The Balaban J connectivity index is 1.34. The first-order valence-electron chi connectivity index (χ1n) is 9.65. The van der Waals surface area contributed by atoms with Crippen LogP contribution in [0.3, 0.4) is 0 Å². The molecule has 1 aromatic carbocycles. The average Bonchev–Trinajstić information content (AvgIpc) is 2.57. The summed E-state index contributed by atoms with van der Waals surface area (Å²) in [4.78, 5) is 12.7. The van der Waals surface area contributed by atoms with Crippen molar-refractivity contribution in [2.24, 2.45) is 23.7 Å². The Bertz CT molecular complexity index is 745. The molecule has 0 radical (unpaired) electrons. The van der Waals surface area contributed by atoms with Crippen LogP contribution in [0.1, 0.15) is 48.0 Å². The lowest BCUT2D eigenvalue weighted by molar-refractivity contribution is -0.0119. The van der Waals surface area contributed by atoms with Gasteiger partial charge >= 0.3 is 0 Å². The van der Waals surface area contributed by atoms with Gasteiger partial charge in [-0.05, 0) is 73.5 Å². The molecule has 0 unspecified atom stereocenters. The maximum atomic E-state index is 12.7. The minimum absolute atomic E-state index is 0.0260. The number of sulfone groups is 1. The van der Waals surface area contributed by atoms with Crippen LogP contribution in [0.5, 0.6) is 0 Å². The van der Waals surface area contributed by atoms with Crippen LogP contribution in [0, 0.1) is 23.7 Å². The van der Waals surface area contributed by atoms with E-state index in [1.54, 1.807) is 0 Å². The molecule has 4 aliphatic rings. The number of carbonyl (C=O) groups is 1. The molecule has 1 amide bonds. The molecule has 6 heteroatoms. The van der Waals surface area contributed by atoms with E-state index in [0.717, 1.165) is 17.4 Å². The zero-order valence-corrected chi connectivity index (χ0v) is 16.1. The van der Waals surface area contributed by atoms with E-state index in [2.05, 4.69) is 10.6 Å². The molecule has 0 spiro atoms. The average molecular weight is 377 g/mol. The van der Waals surface area contributed by atoms with Gasteiger partial charge in [-0.3, -0.25) is 10.1 Å². The fourth-order valence-corrected chi connectivity index (χ4v) is 6.02. The summed E-state index contributed by atoms with van der Waals surface area (Å²) in [5.74, 6) is 3.15. The quantitative estimate of drug-likeness (QED) is 0.799. The lowest BCUT2D eigenvalue weighted by atomic mass is 9.54. The third-order valence-corrected chi connectivity index (χ3v) is 7.16. The van der Waals surface area contributed by atoms with Crippen LogP contribution in [0.4, 0.5) is 0 Å². The van der Waals surface area contributed by atoms with Crippen LogP contribution < -0.4 is 10.6 Å². The second kappa shape index (κ2) is 6.97. The van der Waals surface area contributed by atoms with E-state index in [9.17, 15) is 13.2 Å². The number of nitrogens with one attached hydrogen (secondary N) is 2. The van der Waals surface area contributed by atoms with Crippen molar-refractivity contribution in [3.8, 4) is 0 Å². The van der Waals surface area contributed by atoms with Crippen molar-refractivity contribution in [1.82, 2.24) is 10.6 Å². The molecule has 4 aliphatic carbocycles. The summed E-state index contributed by atoms with van der Waals surface area (Å²) in [5.41, 5.74) is 1.66. The Kier molecular flexibility index (Phi) is 4.82. The second-order valence-corrected chi connectivity index (χ2v) is 10.8. The lowest BCUT2D eigenvalue weighted by Crippen LogP contribution is -2.55. The molecule has 0 saturated heterocycles. The number of rotatable bonds is 6. The van der Waals surface area contributed by atoms with Gasteiger partial charge in [-0.2, -0.15) is 0 Å². The van der Waals surface area contributed by atoms with Crippen molar-refractivity contribution in [1.29, 1.82) is 0 Å². The highest BCUT2D eigenvalue weighted by Gasteiger charge is 2.48. The van der Waals surface area contributed by atoms with Crippen LogP contribution in [0.25, 0.3) is 0 Å². The predicted molar refractivity (Wildman–Crippen MR) is 101 cm³/mol. The minimum Gasteiger partial charge on any atom is -0.349 e. The standard InChI is InChI=1S/C20H28N2O3S/c1-26(24,25)12-21-11-13-2-4-16(5-3-13)20(23)22-19-17-7-14-6-15(9-17)10-18(19)8-14/h2-5,14-15,17-19,21H,6-12H2,1H3,(H,22,23). The van der Waals surface area contributed by atoms with Crippen LogP contribution in [-0.4, -0.2) is 32.5 Å². The zero-order valence-electron chi connectivity index (χ0n) is 15.3. The monoisotopic (exact) mass is 376 g/mol. The molecule has 0 heterocycles. The molecule has 26 heavy (non-hydrogen) atoms. The van der Waals surface area contributed by atoms with Crippen molar-refractivity contribution in [3.63, 3.8) is 0 Å². The summed E-state index contributed by atoms with van der Waals surface area (Å²) in [6, 6.07) is 7.81. The maximum absolute atomic E-state index is 12.7. The van der Waals surface area contributed by atoms with Gasteiger partial charge in [0.15, 0.2) is 9.84 Å². The van der Waals surface area contributed by atoms with Crippen LogP contribution in [-0.2, 0) is 16.4 Å². The van der Waals surface area contributed by atoms with Crippen LogP contribution in [0.2, 0.25) is 0 Å². The van der Waals surface area contributed by atoms with E-state index < -0.39 is 9.84 Å². The summed E-state index contributed by atoms with van der Waals surface area (Å²) in [5, 5.41) is 6.23. The molecule has 5 nitrogen and oxygen atoms in total. The number of hydrogen-bond acceptors (Lipinski definition) is 4. The summed E-state index contributed by atoms with van der Waals surface area (Å²) in [6.45, 7) is 0.477. The largest absolute Gasteiger partial charge is 0.349 e. The molecule has 0 aliphatic heterocycles. The van der Waals surface area contributed by atoms with E-state index in [-0.39, 0.29) is 11.8 Å². The molecule has 4 fully saturated rings. The van der Waals surface area contributed by atoms with Crippen molar-refractivity contribution in [3.05, 3.63) is 35.4 Å². The van der Waals surface area contributed by atoms with E-state index >= 15 is 0 Å². The van der Waals surface area contributed by atoms with Crippen LogP contribution >= 0.6 is 0 Å². The zero-order chi connectivity index (χ0) is 18.3. The van der Waals surface area contributed by atoms with E-state index in [1.807, 2.05) is 24.3 Å². The van der Waals surface area contributed by atoms with E-state index in [4.69, 9.17) is 0 Å². The molecule has 5 rings (SSSR count). The van der Waals surface area contributed by atoms with Gasteiger partial charge in [-0.1, -0.05) is 12.1 Å². The fraction of sp³-hybridized carbons (Fsp3) is 0.650. The third kappa shape index (κ3) is 3.96. The topological polar surface area (TPSA) is 75.3 Å². The van der Waals surface area contributed by atoms with Gasteiger partial charge in [0, 0.05) is 24.4 Å². The summed E-state index contributed by atoms with van der Waals surface area (Å²) in [7, 11) is -3.02. The van der Waals surface area contributed by atoms with Gasteiger partial charge in [-0.25, -0.2) is 8.42 Å². The van der Waals surface area contributed by atoms with Crippen molar-refractivity contribution in [2.45, 2.75) is 44.7 Å². The molecular formula is C20H28N2O3S.